The van der Waals surface area contributed by atoms with Gasteiger partial charge in [-0.05, 0) is 98.0 Å². The summed E-state index contributed by atoms with van der Waals surface area (Å²) in [5, 5.41) is 8.59. The minimum atomic E-state index is 0.505. The van der Waals surface area contributed by atoms with Crippen LogP contribution >= 0.6 is 12.6 Å². The Morgan fingerprint density at radius 2 is 1.96 bits per heavy atom. The third-order valence-electron chi connectivity index (χ3n) is 8.21. The van der Waals surface area contributed by atoms with E-state index in [1.165, 1.54) is 51.4 Å². The lowest BCUT2D eigenvalue weighted by atomic mass is 9.51. The van der Waals surface area contributed by atoms with Crippen molar-refractivity contribution >= 4 is 12.6 Å². The van der Waals surface area contributed by atoms with E-state index in [0.29, 0.717) is 12.0 Å². The van der Waals surface area contributed by atoms with Gasteiger partial charge in [0, 0.05) is 0 Å². The number of hydrogen-bond acceptors (Lipinski definition) is 3. The maximum Gasteiger partial charge on any atom is 0.0819 e. The molecule has 23 heavy (non-hydrogen) atoms. The lowest BCUT2D eigenvalue weighted by Crippen LogP contribution is -2.47. The maximum absolute atomic E-state index is 8.59. The molecule has 0 aromatic carbocycles. The van der Waals surface area contributed by atoms with E-state index in [-0.39, 0.29) is 0 Å². The van der Waals surface area contributed by atoms with Crippen molar-refractivity contribution in [3.8, 4) is 0 Å². The van der Waals surface area contributed by atoms with E-state index >= 15 is 0 Å². The molecule has 0 radical (unpaired) electrons. The molecule has 0 aromatic rings. The van der Waals surface area contributed by atoms with Crippen molar-refractivity contribution in [3.63, 3.8) is 0 Å². The van der Waals surface area contributed by atoms with Crippen LogP contribution in [0.2, 0.25) is 0 Å². The van der Waals surface area contributed by atoms with Crippen LogP contribution < -0.4 is 0 Å². The summed E-state index contributed by atoms with van der Waals surface area (Å²) in [6.45, 7) is 5.51. The molecule has 3 rings (SSSR count). The Kier molecular flexibility index (Phi) is 6.02. The molecule has 0 saturated heterocycles. The van der Waals surface area contributed by atoms with Gasteiger partial charge < -0.3 is 0 Å². The Balaban J connectivity index is 1.70. The number of hydrogen-bond donors (Lipinski definition) is 2. The minimum Gasteiger partial charge on any atom is -0.252 e. The quantitative estimate of drug-likeness (QED) is 0.282. The fraction of sp³-hybridized carbons (Fsp3) is 1.00. The summed E-state index contributed by atoms with van der Waals surface area (Å²) >= 11 is 4.65. The molecule has 7 atom stereocenters. The highest BCUT2D eigenvalue weighted by Gasteiger charge is 2.55. The summed E-state index contributed by atoms with van der Waals surface area (Å²) in [5.74, 6) is 6.65. The first-order valence-electron chi connectivity index (χ1n) is 10.0. The zero-order valence-corrected chi connectivity index (χ0v) is 15.9. The van der Waals surface area contributed by atoms with Crippen LogP contribution in [0.1, 0.15) is 71.6 Å². The third-order valence-corrected chi connectivity index (χ3v) is 8.68. The molecular weight excluding hydrogens is 304 g/mol. The van der Waals surface area contributed by atoms with Gasteiger partial charge in [-0.15, -0.1) is 0 Å². The van der Waals surface area contributed by atoms with Crippen LogP contribution in [0.15, 0.2) is 0 Å². The SMILES string of the molecule is CCC1C(CS)CCC2C1CCC1(C)C(CCCOO)CCC21. The molecule has 3 saturated carbocycles. The lowest BCUT2D eigenvalue weighted by molar-refractivity contribution is -0.243. The number of fused-ring (bicyclic) bond motifs is 3. The molecule has 134 valence electrons. The molecule has 0 amide bonds. The average Bonchev–Trinajstić information content (AvgIpc) is 2.91. The smallest absolute Gasteiger partial charge is 0.0819 e. The van der Waals surface area contributed by atoms with Crippen LogP contribution in [0.5, 0.6) is 0 Å². The zero-order chi connectivity index (χ0) is 16.4. The molecule has 2 nitrogen and oxygen atoms in total. The van der Waals surface area contributed by atoms with Gasteiger partial charge in [0.05, 0.1) is 6.61 Å². The van der Waals surface area contributed by atoms with Crippen LogP contribution in [0.3, 0.4) is 0 Å². The second kappa shape index (κ2) is 7.66. The van der Waals surface area contributed by atoms with Crippen molar-refractivity contribution in [2.45, 2.75) is 71.6 Å². The van der Waals surface area contributed by atoms with E-state index in [1.807, 2.05) is 0 Å². The average molecular weight is 341 g/mol. The van der Waals surface area contributed by atoms with E-state index in [9.17, 15) is 0 Å². The van der Waals surface area contributed by atoms with E-state index < -0.39 is 0 Å². The number of thiol groups is 1. The predicted molar refractivity (Wildman–Crippen MR) is 98.7 cm³/mol. The van der Waals surface area contributed by atoms with Gasteiger partial charge in [0.1, 0.15) is 0 Å². The molecule has 3 fully saturated rings. The first kappa shape index (κ1) is 18.1. The molecule has 3 aliphatic rings. The monoisotopic (exact) mass is 340 g/mol. The summed E-state index contributed by atoms with van der Waals surface area (Å²) in [6, 6.07) is 0. The van der Waals surface area contributed by atoms with Gasteiger partial charge in [0.15, 0.2) is 0 Å². The van der Waals surface area contributed by atoms with Crippen LogP contribution in [-0.2, 0) is 4.89 Å². The molecule has 0 aromatic heterocycles. The van der Waals surface area contributed by atoms with Crippen molar-refractivity contribution < 1.29 is 10.1 Å². The molecular formula is C20H36O2S. The lowest BCUT2D eigenvalue weighted by Gasteiger charge is -2.54. The van der Waals surface area contributed by atoms with Crippen molar-refractivity contribution in [2.24, 2.45) is 40.9 Å². The Bertz CT molecular complexity index is 388. The van der Waals surface area contributed by atoms with Crippen molar-refractivity contribution in [2.75, 3.05) is 12.4 Å². The van der Waals surface area contributed by atoms with Crippen molar-refractivity contribution in [1.29, 1.82) is 0 Å². The van der Waals surface area contributed by atoms with Crippen molar-refractivity contribution in [1.82, 2.24) is 0 Å². The Morgan fingerprint density at radius 1 is 1.13 bits per heavy atom. The Morgan fingerprint density at radius 3 is 2.65 bits per heavy atom. The highest BCUT2D eigenvalue weighted by molar-refractivity contribution is 7.80. The molecule has 0 spiro atoms. The maximum atomic E-state index is 8.59. The molecule has 7 unspecified atom stereocenters. The van der Waals surface area contributed by atoms with E-state index in [2.05, 4.69) is 31.4 Å². The fourth-order valence-corrected chi connectivity index (χ4v) is 7.53. The first-order valence-corrected chi connectivity index (χ1v) is 10.7. The van der Waals surface area contributed by atoms with Crippen LogP contribution in [0, 0.1) is 40.9 Å². The second-order valence-electron chi connectivity index (χ2n) is 8.82. The molecule has 1 N–H and O–H groups in total. The molecule has 0 heterocycles. The third kappa shape index (κ3) is 3.22. The summed E-state index contributed by atoms with van der Waals surface area (Å²) in [4.78, 5) is 4.30. The van der Waals surface area contributed by atoms with Gasteiger partial charge in [0.2, 0.25) is 0 Å². The van der Waals surface area contributed by atoms with E-state index in [1.54, 1.807) is 0 Å². The largest absolute Gasteiger partial charge is 0.252 e. The summed E-state index contributed by atoms with van der Waals surface area (Å²) in [7, 11) is 0. The van der Waals surface area contributed by atoms with Gasteiger partial charge in [0.25, 0.3) is 0 Å². The van der Waals surface area contributed by atoms with Crippen LogP contribution in [0.4, 0.5) is 0 Å². The topological polar surface area (TPSA) is 29.5 Å². The summed E-state index contributed by atoms with van der Waals surface area (Å²) in [5.41, 5.74) is 0.558. The first-order chi connectivity index (χ1) is 11.2. The highest BCUT2D eigenvalue weighted by Crippen LogP contribution is 2.64. The van der Waals surface area contributed by atoms with Gasteiger partial charge in [-0.25, -0.2) is 4.89 Å². The Hall–Kier alpha value is 0.270. The van der Waals surface area contributed by atoms with Gasteiger partial charge >= 0.3 is 0 Å². The standard InChI is InChI=1S/C20H36O2S/c1-3-16-14(13-23)6-8-18-17(16)10-11-20(2)15(5-4-12-22-21)7-9-19(18)20/h14-19,21,23H,3-13H2,1-2H3. The highest BCUT2D eigenvalue weighted by atomic mass is 32.1. The molecule has 3 aliphatic carbocycles. The molecule has 0 bridgehead atoms. The fourth-order valence-electron chi connectivity index (χ4n) is 7.07. The number of rotatable bonds is 6. The van der Waals surface area contributed by atoms with E-state index in [4.69, 9.17) is 5.26 Å². The molecule has 0 aliphatic heterocycles. The summed E-state index contributed by atoms with van der Waals surface area (Å²) < 4.78 is 0. The zero-order valence-electron chi connectivity index (χ0n) is 15.0. The minimum absolute atomic E-state index is 0.505. The van der Waals surface area contributed by atoms with Crippen molar-refractivity contribution in [3.05, 3.63) is 0 Å². The molecule has 3 heteroatoms. The van der Waals surface area contributed by atoms with Gasteiger partial charge in [-0.3, -0.25) is 5.26 Å². The van der Waals surface area contributed by atoms with E-state index in [0.717, 1.165) is 47.7 Å². The van der Waals surface area contributed by atoms with Crippen LogP contribution in [-0.4, -0.2) is 17.6 Å². The summed E-state index contributed by atoms with van der Waals surface area (Å²) in [6.07, 6.45) is 12.2. The second-order valence-corrected chi connectivity index (χ2v) is 9.19. The normalized spacial score (nSPS) is 46.4. The Labute approximate surface area is 148 Å². The van der Waals surface area contributed by atoms with Gasteiger partial charge in [-0.1, -0.05) is 20.3 Å². The predicted octanol–water partition coefficient (Wildman–Crippen LogP) is 5.68. The van der Waals surface area contributed by atoms with Gasteiger partial charge in [-0.2, -0.15) is 12.6 Å². The van der Waals surface area contributed by atoms with Crippen LogP contribution in [0.25, 0.3) is 0 Å².